The lowest BCUT2D eigenvalue weighted by Gasteiger charge is -2.21. The molecule has 0 saturated carbocycles. The van der Waals surface area contributed by atoms with Crippen molar-refractivity contribution in [2.24, 2.45) is 0 Å². The van der Waals surface area contributed by atoms with Crippen LogP contribution in [0.25, 0.3) is 0 Å². The zero-order valence-electron chi connectivity index (χ0n) is 11.2. The molecule has 1 aliphatic rings. The van der Waals surface area contributed by atoms with Crippen molar-refractivity contribution >= 4 is 35.0 Å². The third kappa shape index (κ3) is 3.57. The number of carbonyl (C=O) groups excluding carboxylic acids is 1. The molecule has 0 aromatic heterocycles. The van der Waals surface area contributed by atoms with Gasteiger partial charge in [0.1, 0.15) is 5.82 Å². The maximum atomic E-state index is 13.1. The molecule has 0 radical (unpaired) electrons. The van der Waals surface area contributed by atoms with Gasteiger partial charge in [-0.3, -0.25) is 4.79 Å². The zero-order chi connectivity index (χ0) is 14.8. The van der Waals surface area contributed by atoms with E-state index in [0.29, 0.717) is 11.6 Å². The first kappa shape index (κ1) is 14.4. The van der Waals surface area contributed by atoms with Crippen LogP contribution in [-0.2, 0) is 23.1 Å². The van der Waals surface area contributed by atoms with Gasteiger partial charge in [-0.25, -0.2) is 4.39 Å². The van der Waals surface area contributed by atoms with Gasteiger partial charge in [0.15, 0.2) is 5.75 Å². The normalized spacial score (nSPS) is 16.6. The molecule has 1 saturated heterocycles. The summed E-state index contributed by atoms with van der Waals surface area (Å²) in [6.07, 6.45) is 0. The molecule has 0 spiro atoms. The van der Waals surface area contributed by atoms with Crippen LogP contribution in [0.1, 0.15) is 5.56 Å². The van der Waals surface area contributed by atoms with E-state index in [2.05, 4.69) is 0 Å². The third-order valence-corrected chi connectivity index (χ3v) is 4.51. The van der Waals surface area contributed by atoms with Crippen molar-refractivity contribution < 1.29 is 9.18 Å². The molecule has 1 fully saturated rings. The van der Waals surface area contributed by atoms with Crippen LogP contribution in [0.15, 0.2) is 48.5 Å². The Morgan fingerprint density at radius 2 is 1.81 bits per heavy atom. The molecule has 2 aromatic rings. The van der Waals surface area contributed by atoms with Crippen LogP contribution in [0.5, 0.6) is 0 Å². The fourth-order valence-corrected chi connectivity index (χ4v) is 2.76. The topological polar surface area (TPSA) is 20.3 Å². The predicted octanol–water partition coefficient (Wildman–Crippen LogP) is 3.21. The molecule has 1 heterocycles. The van der Waals surface area contributed by atoms with Gasteiger partial charge >= 0.3 is 0 Å². The molecule has 21 heavy (non-hydrogen) atoms. The van der Waals surface area contributed by atoms with E-state index in [1.807, 2.05) is 12.1 Å². The number of amides is 1. The molecule has 0 aliphatic carbocycles. The second kappa shape index (κ2) is 6.08. The molecule has 2 nitrogen and oxygen atoms in total. The Balaban J connectivity index is 1.86. The van der Waals surface area contributed by atoms with Gasteiger partial charge in [0.05, 0.1) is 6.54 Å². The van der Waals surface area contributed by atoms with Crippen LogP contribution in [0, 0.1) is 5.82 Å². The van der Waals surface area contributed by atoms with E-state index in [1.165, 1.54) is 23.9 Å². The maximum Gasteiger partial charge on any atom is 0.285 e. The number of anilines is 1. The van der Waals surface area contributed by atoms with Crippen LogP contribution >= 0.6 is 11.6 Å². The Bertz CT molecular complexity index is 640. The SMILES string of the molecule is O=C([C@@H]1C[SH+]1)N(Cc1ccc(Cl)cc1)c1ccc(F)cc1. The number of hydrogen-bond donors (Lipinski definition) is 0. The molecule has 1 atom stereocenters. The lowest BCUT2D eigenvalue weighted by atomic mass is 10.2. The standard InChI is InChI=1S/C16H13ClFNOS/c17-12-3-1-11(2-4-12)9-19(16(20)15-10-21-15)14-7-5-13(18)6-8-14/h1-8,15H,9-10H2/p+1/t15-/m0/s1. The van der Waals surface area contributed by atoms with Gasteiger partial charge in [-0.2, -0.15) is 0 Å². The monoisotopic (exact) mass is 322 g/mol. The number of thiol groups is 1. The minimum atomic E-state index is -0.304. The summed E-state index contributed by atoms with van der Waals surface area (Å²) in [6.45, 7) is 0.466. The molecule has 3 rings (SSSR count). The summed E-state index contributed by atoms with van der Waals surface area (Å²) in [5, 5.41) is 0.751. The minimum absolute atomic E-state index is 0.0855. The fourth-order valence-electron chi connectivity index (χ4n) is 2.08. The lowest BCUT2D eigenvalue weighted by molar-refractivity contribution is -0.117. The Morgan fingerprint density at radius 3 is 2.38 bits per heavy atom. The van der Waals surface area contributed by atoms with Crippen molar-refractivity contribution in [3.05, 3.63) is 64.9 Å². The number of carbonyl (C=O) groups is 1. The summed E-state index contributed by atoms with van der Waals surface area (Å²) in [4.78, 5) is 14.2. The number of halogens is 2. The van der Waals surface area contributed by atoms with Crippen LogP contribution in [0.3, 0.4) is 0 Å². The molecule has 2 aromatic carbocycles. The summed E-state index contributed by atoms with van der Waals surface area (Å²) in [6, 6.07) is 13.4. The molecule has 0 bridgehead atoms. The van der Waals surface area contributed by atoms with Crippen LogP contribution in [0.2, 0.25) is 5.02 Å². The van der Waals surface area contributed by atoms with E-state index < -0.39 is 0 Å². The van der Waals surface area contributed by atoms with E-state index in [0.717, 1.165) is 17.0 Å². The molecule has 5 heteroatoms. The van der Waals surface area contributed by atoms with Gasteiger partial charge in [0.25, 0.3) is 5.91 Å². The average Bonchev–Trinajstić information content (AvgIpc) is 3.32. The van der Waals surface area contributed by atoms with Crippen molar-refractivity contribution in [1.29, 1.82) is 0 Å². The number of hydrogen-bond acceptors (Lipinski definition) is 1. The molecular weight excluding hydrogens is 309 g/mol. The first-order valence-electron chi connectivity index (χ1n) is 6.61. The van der Waals surface area contributed by atoms with E-state index in [1.54, 1.807) is 29.2 Å². The summed E-state index contributed by atoms with van der Waals surface area (Å²) in [5.41, 5.74) is 1.72. The van der Waals surface area contributed by atoms with E-state index in [-0.39, 0.29) is 17.0 Å². The highest BCUT2D eigenvalue weighted by Gasteiger charge is 2.45. The Kier molecular flexibility index (Phi) is 4.17. The maximum absolute atomic E-state index is 13.1. The van der Waals surface area contributed by atoms with Gasteiger partial charge in [-0.05, 0) is 53.7 Å². The number of nitrogens with zero attached hydrogens (tertiary/aromatic N) is 1. The molecule has 0 unspecified atom stereocenters. The largest absolute Gasteiger partial charge is 0.303 e. The van der Waals surface area contributed by atoms with Crippen molar-refractivity contribution in [1.82, 2.24) is 0 Å². The first-order chi connectivity index (χ1) is 10.1. The van der Waals surface area contributed by atoms with Gasteiger partial charge in [0, 0.05) is 10.7 Å². The second-order valence-corrected chi connectivity index (χ2v) is 6.70. The third-order valence-electron chi connectivity index (χ3n) is 3.31. The summed E-state index contributed by atoms with van der Waals surface area (Å²) < 4.78 is 13.1. The number of rotatable bonds is 4. The van der Waals surface area contributed by atoms with Gasteiger partial charge < -0.3 is 4.90 Å². The van der Waals surface area contributed by atoms with Crippen LogP contribution in [-0.4, -0.2) is 16.9 Å². The lowest BCUT2D eigenvalue weighted by Crippen LogP contribution is -2.34. The molecule has 1 aliphatic heterocycles. The van der Waals surface area contributed by atoms with Crippen molar-refractivity contribution in [3.8, 4) is 0 Å². The first-order valence-corrected chi connectivity index (χ1v) is 8.14. The smallest absolute Gasteiger partial charge is 0.285 e. The highest BCUT2D eigenvalue weighted by Crippen LogP contribution is 2.24. The Hall–Kier alpha value is -1.52. The van der Waals surface area contributed by atoms with Crippen molar-refractivity contribution in [3.63, 3.8) is 0 Å². The van der Waals surface area contributed by atoms with Crippen LogP contribution < -0.4 is 4.90 Å². The van der Waals surface area contributed by atoms with Gasteiger partial charge in [-0.1, -0.05) is 23.7 Å². The molecule has 0 N–H and O–H groups in total. The number of benzene rings is 2. The summed E-state index contributed by atoms with van der Waals surface area (Å²) in [5.74, 6) is 0.706. The second-order valence-electron chi connectivity index (χ2n) is 4.91. The van der Waals surface area contributed by atoms with Crippen molar-refractivity contribution in [2.75, 3.05) is 10.7 Å². The van der Waals surface area contributed by atoms with Gasteiger partial charge in [-0.15, -0.1) is 0 Å². The fraction of sp³-hybridized carbons (Fsp3) is 0.188. The predicted molar refractivity (Wildman–Crippen MR) is 86.5 cm³/mol. The Labute approximate surface area is 131 Å². The van der Waals surface area contributed by atoms with Gasteiger partial charge in [0.2, 0.25) is 5.25 Å². The highest BCUT2D eigenvalue weighted by molar-refractivity contribution is 7.87. The zero-order valence-corrected chi connectivity index (χ0v) is 12.8. The van der Waals surface area contributed by atoms with E-state index >= 15 is 0 Å². The Morgan fingerprint density at radius 1 is 1.19 bits per heavy atom. The highest BCUT2D eigenvalue weighted by atomic mass is 35.5. The van der Waals surface area contributed by atoms with Crippen LogP contribution in [0.4, 0.5) is 10.1 Å². The summed E-state index contributed by atoms with van der Waals surface area (Å²) in [7, 11) is 0. The molecule has 1 amide bonds. The minimum Gasteiger partial charge on any atom is -0.303 e. The average molecular weight is 323 g/mol. The van der Waals surface area contributed by atoms with E-state index in [4.69, 9.17) is 11.6 Å². The van der Waals surface area contributed by atoms with E-state index in [9.17, 15) is 9.18 Å². The van der Waals surface area contributed by atoms with Crippen molar-refractivity contribution in [2.45, 2.75) is 11.8 Å². The molecule has 108 valence electrons. The quantitative estimate of drug-likeness (QED) is 0.481. The summed E-state index contributed by atoms with van der Waals surface area (Å²) >= 11 is 7.05. The molecular formula is C16H14ClFNOS+.